The van der Waals surface area contributed by atoms with Crippen molar-refractivity contribution < 1.29 is 0 Å². The predicted molar refractivity (Wildman–Crippen MR) is 59.7 cm³/mol. The van der Waals surface area contributed by atoms with Gasteiger partial charge in [-0.3, -0.25) is 0 Å². The fraction of sp³-hybridized carbons (Fsp3) is 0.143. The highest BCUT2D eigenvalue weighted by Crippen LogP contribution is 2.37. The van der Waals surface area contributed by atoms with Gasteiger partial charge in [0, 0.05) is 11.8 Å². The van der Waals surface area contributed by atoms with E-state index in [9.17, 15) is 0 Å². The van der Waals surface area contributed by atoms with Crippen LogP contribution in [-0.2, 0) is 0 Å². The number of fused-ring (bicyclic) bond motifs is 3. The van der Waals surface area contributed by atoms with Crippen LogP contribution in [-0.4, -0.2) is 0 Å². The second kappa shape index (κ2) is 2.98. The minimum atomic E-state index is 0.557. The molecule has 0 nitrogen and oxygen atoms in total. The molecule has 0 aromatic carbocycles. The van der Waals surface area contributed by atoms with Crippen molar-refractivity contribution in [3.8, 4) is 0 Å². The molecule has 3 aliphatic rings. The van der Waals surface area contributed by atoms with E-state index >= 15 is 0 Å². The van der Waals surface area contributed by atoms with Crippen LogP contribution in [0.15, 0.2) is 71.9 Å². The first-order chi connectivity index (χ1) is 6.95. The van der Waals surface area contributed by atoms with Gasteiger partial charge < -0.3 is 0 Å². The molecule has 68 valence electrons. The molecule has 0 saturated heterocycles. The summed E-state index contributed by atoms with van der Waals surface area (Å²) in [7, 11) is 0. The molecule has 0 amide bonds. The van der Waals surface area contributed by atoms with Crippen LogP contribution in [0.2, 0.25) is 0 Å². The molecule has 0 aromatic heterocycles. The largest absolute Gasteiger partial charge is 0.0761 e. The van der Waals surface area contributed by atoms with Gasteiger partial charge in [-0.15, -0.1) is 0 Å². The monoisotopic (exact) mass is 180 g/mol. The predicted octanol–water partition coefficient (Wildman–Crippen LogP) is 3.34. The highest BCUT2D eigenvalue weighted by molar-refractivity contribution is 5.48. The van der Waals surface area contributed by atoms with E-state index in [1.54, 1.807) is 0 Å². The summed E-state index contributed by atoms with van der Waals surface area (Å²) in [5.74, 6) is 1.11. The molecular formula is C14H12. The van der Waals surface area contributed by atoms with E-state index in [-0.39, 0.29) is 0 Å². The summed E-state index contributed by atoms with van der Waals surface area (Å²) in [6, 6.07) is 0. The van der Waals surface area contributed by atoms with Gasteiger partial charge in [-0.2, -0.15) is 0 Å². The lowest BCUT2D eigenvalue weighted by molar-refractivity contribution is 0.615. The summed E-state index contributed by atoms with van der Waals surface area (Å²) in [6.45, 7) is 0. The van der Waals surface area contributed by atoms with Crippen LogP contribution in [0, 0.1) is 11.8 Å². The van der Waals surface area contributed by atoms with Crippen LogP contribution >= 0.6 is 0 Å². The Labute approximate surface area is 84.3 Å². The van der Waals surface area contributed by atoms with Crippen molar-refractivity contribution >= 4 is 0 Å². The zero-order valence-corrected chi connectivity index (χ0v) is 7.93. The Morgan fingerprint density at radius 1 is 0.643 bits per heavy atom. The summed E-state index contributed by atoms with van der Waals surface area (Å²) in [5.41, 5.74) is 2.86. The average Bonchev–Trinajstić information content (AvgIpc) is 2.29. The third-order valence-corrected chi connectivity index (χ3v) is 3.06. The smallest absolute Gasteiger partial charge is 0.0125 e. The highest BCUT2D eigenvalue weighted by atomic mass is 14.3. The molecule has 0 heteroatoms. The van der Waals surface area contributed by atoms with Gasteiger partial charge in [0.05, 0.1) is 0 Å². The molecule has 14 heavy (non-hydrogen) atoms. The van der Waals surface area contributed by atoms with Gasteiger partial charge in [0.25, 0.3) is 0 Å². The highest BCUT2D eigenvalue weighted by Gasteiger charge is 2.26. The Balaban J connectivity index is 2.08. The number of hydrogen-bond donors (Lipinski definition) is 0. The summed E-state index contributed by atoms with van der Waals surface area (Å²) < 4.78 is 0. The first kappa shape index (κ1) is 7.81. The molecule has 0 saturated carbocycles. The van der Waals surface area contributed by atoms with Gasteiger partial charge in [-0.25, -0.2) is 0 Å². The Kier molecular flexibility index (Phi) is 1.66. The van der Waals surface area contributed by atoms with E-state index in [4.69, 9.17) is 0 Å². The molecule has 3 rings (SSSR count). The lowest BCUT2D eigenvalue weighted by Gasteiger charge is -2.30. The van der Waals surface area contributed by atoms with E-state index < -0.39 is 0 Å². The van der Waals surface area contributed by atoms with Crippen LogP contribution in [0.5, 0.6) is 0 Å². The molecule has 0 aliphatic heterocycles. The van der Waals surface area contributed by atoms with Crippen molar-refractivity contribution in [1.82, 2.24) is 0 Å². The molecule has 3 aliphatic carbocycles. The topological polar surface area (TPSA) is 0 Å². The summed E-state index contributed by atoms with van der Waals surface area (Å²) in [5, 5.41) is 0. The zero-order valence-electron chi connectivity index (χ0n) is 7.93. The quantitative estimate of drug-likeness (QED) is 0.536. The zero-order chi connectivity index (χ0) is 9.38. The van der Waals surface area contributed by atoms with Crippen molar-refractivity contribution in [3.05, 3.63) is 71.9 Å². The first-order valence-electron chi connectivity index (χ1n) is 5.07. The van der Waals surface area contributed by atoms with Gasteiger partial charge in [-0.1, -0.05) is 60.8 Å². The van der Waals surface area contributed by atoms with Crippen molar-refractivity contribution in [2.45, 2.75) is 0 Å². The van der Waals surface area contributed by atoms with Crippen LogP contribution in [0.25, 0.3) is 0 Å². The number of hydrogen-bond acceptors (Lipinski definition) is 0. The third-order valence-electron chi connectivity index (χ3n) is 3.06. The summed E-state index contributed by atoms with van der Waals surface area (Å²) in [4.78, 5) is 0. The second-order valence-corrected chi connectivity index (χ2v) is 3.87. The Hall–Kier alpha value is -1.56. The fourth-order valence-electron chi connectivity index (χ4n) is 2.33. The van der Waals surface area contributed by atoms with E-state index in [0.29, 0.717) is 11.8 Å². The Morgan fingerprint density at radius 2 is 1.14 bits per heavy atom. The molecular weight excluding hydrogens is 168 g/mol. The minimum Gasteiger partial charge on any atom is -0.0761 e. The van der Waals surface area contributed by atoms with Crippen LogP contribution in [0.4, 0.5) is 0 Å². The molecule has 0 N–H and O–H groups in total. The minimum absolute atomic E-state index is 0.557. The van der Waals surface area contributed by atoms with Crippen LogP contribution in [0.3, 0.4) is 0 Å². The maximum atomic E-state index is 2.30. The van der Waals surface area contributed by atoms with Crippen molar-refractivity contribution in [3.63, 3.8) is 0 Å². The molecule has 0 unspecified atom stereocenters. The number of allylic oxidation sites excluding steroid dienone is 12. The average molecular weight is 180 g/mol. The molecule has 0 radical (unpaired) electrons. The first-order valence-corrected chi connectivity index (χ1v) is 5.07. The van der Waals surface area contributed by atoms with Crippen LogP contribution < -0.4 is 0 Å². The number of rotatable bonds is 0. The lowest BCUT2D eigenvalue weighted by Crippen LogP contribution is -2.19. The standard InChI is InChI=1S/C14H12/c1-3-7-13-11(5-1)9-10-12-6-2-4-8-14(12)13/h1-10,13-14H/t13-,14-/m0/s1. The van der Waals surface area contributed by atoms with E-state index in [2.05, 4.69) is 60.8 Å². The summed E-state index contributed by atoms with van der Waals surface area (Å²) >= 11 is 0. The van der Waals surface area contributed by atoms with Gasteiger partial charge in [0.15, 0.2) is 0 Å². The maximum Gasteiger partial charge on any atom is 0.0125 e. The maximum absolute atomic E-state index is 2.30. The van der Waals surface area contributed by atoms with Gasteiger partial charge in [0.1, 0.15) is 0 Å². The molecule has 2 atom stereocenters. The normalized spacial score (nSPS) is 32.0. The van der Waals surface area contributed by atoms with Crippen molar-refractivity contribution in [1.29, 1.82) is 0 Å². The Bertz CT molecular complexity index is 383. The molecule has 0 heterocycles. The molecule has 0 fully saturated rings. The van der Waals surface area contributed by atoms with Gasteiger partial charge in [0.2, 0.25) is 0 Å². The van der Waals surface area contributed by atoms with E-state index in [1.807, 2.05) is 0 Å². The summed E-state index contributed by atoms with van der Waals surface area (Å²) in [6.07, 6.45) is 22.0. The van der Waals surface area contributed by atoms with Crippen molar-refractivity contribution in [2.24, 2.45) is 11.8 Å². The van der Waals surface area contributed by atoms with Crippen LogP contribution in [0.1, 0.15) is 0 Å². The molecule has 0 bridgehead atoms. The third kappa shape index (κ3) is 1.07. The molecule has 0 spiro atoms. The molecule has 0 aromatic rings. The van der Waals surface area contributed by atoms with Gasteiger partial charge >= 0.3 is 0 Å². The van der Waals surface area contributed by atoms with E-state index in [0.717, 1.165) is 0 Å². The van der Waals surface area contributed by atoms with E-state index in [1.165, 1.54) is 11.1 Å². The second-order valence-electron chi connectivity index (χ2n) is 3.87. The SMILES string of the molecule is C1=CC2=CC=C3C=CC=C[C@@H]3[C@H]2C=C1. The Morgan fingerprint density at radius 3 is 1.64 bits per heavy atom. The van der Waals surface area contributed by atoms with Gasteiger partial charge in [-0.05, 0) is 11.1 Å². The van der Waals surface area contributed by atoms with Crippen molar-refractivity contribution in [2.75, 3.05) is 0 Å². The lowest BCUT2D eigenvalue weighted by atomic mass is 9.74. The fourth-order valence-corrected chi connectivity index (χ4v) is 2.33.